The Morgan fingerprint density at radius 2 is 1.69 bits per heavy atom. The van der Waals surface area contributed by atoms with Crippen molar-refractivity contribution >= 4 is 11.8 Å². The summed E-state index contributed by atoms with van der Waals surface area (Å²) >= 11 is 0.979. The molecule has 2 aromatic heterocycles. The highest BCUT2D eigenvalue weighted by atomic mass is 32.2. The lowest BCUT2D eigenvalue weighted by Crippen LogP contribution is -2.48. The van der Waals surface area contributed by atoms with Gasteiger partial charge in [-0.1, -0.05) is 18.2 Å². The number of pyridine rings is 1. The maximum atomic E-state index is 15.8. The van der Waals surface area contributed by atoms with Crippen molar-refractivity contribution in [2.75, 3.05) is 5.75 Å². The van der Waals surface area contributed by atoms with E-state index < -0.39 is 47.4 Å². The minimum Gasteiger partial charge on any atom is -0.377 e. The third kappa shape index (κ3) is 5.21. The van der Waals surface area contributed by atoms with Gasteiger partial charge >= 0.3 is 5.92 Å². The predicted molar refractivity (Wildman–Crippen MR) is 118 cm³/mol. The number of hydrogen-bond acceptors (Lipinski definition) is 6. The van der Waals surface area contributed by atoms with Gasteiger partial charge in [0, 0.05) is 28.3 Å². The molecule has 188 valence electrons. The van der Waals surface area contributed by atoms with Crippen LogP contribution in [0.4, 0.5) is 26.3 Å². The third-order valence-electron chi connectivity index (χ3n) is 5.33. The zero-order valence-electron chi connectivity index (χ0n) is 18.2. The topological polar surface area (TPSA) is 76.7 Å². The summed E-state index contributed by atoms with van der Waals surface area (Å²) < 4.78 is 85.1. The predicted octanol–water partition coefficient (Wildman–Crippen LogP) is 5.05. The molecule has 0 bridgehead atoms. The molecule has 6 nitrogen and oxygen atoms in total. The molecule has 0 amide bonds. The number of aromatic nitrogens is 5. The number of nitrogens with zero attached hydrogens (tertiary/aromatic N) is 5. The first kappa shape index (κ1) is 25.6. The van der Waals surface area contributed by atoms with Gasteiger partial charge < -0.3 is 5.11 Å². The van der Waals surface area contributed by atoms with Crippen molar-refractivity contribution in [3.63, 3.8) is 0 Å². The van der Waals surface area contributed by atoms with Crippen LogP contribution in [-0.4, -0.2) is 42.5 Å². The van der Waals surface area contributed by atoms with Crippen LogP contribution < -0.4 is 0 Å². The van der Waals surface area contributed by atoms with Crippen molar-refractivity contribution in [1.29, 1.82) is 0 Å². The van der Waals surface area contributed by atoms with E-state index in [0.29, 0.717) is 22.1 Å². The quantitative estimate of drug-likeness (QED) is 0.244. The fourth-order valence-electron chi connectivity index (χ4n) is 3.53. The number of halogens is 6. The largest absolute Gasteiger partial charge is 0.377 e. The molecule has 0 radical (unpaired) electrons. The van der Waals surface area contributed by atoms with Crippen LogP contribution in [0.2, 0.25) is 0 Å². The molecular formula is C23H17F6N5OS. The number of aliphatic hydroxyl groups is 1. The Morgan fingerprint density at radius 1 is 0.972 bits per heavy atom. The Kier molecular flexibility index (Phi) is 7.31. The Balaban J connectivity index is 1.66. The van der Waals surface area contributed by atoms with Gasteiger partial charge in [-0.15, -0.1) is 16.9 Å². The van der Waals surface area contributed by atoms with Crippen LogP contribution in [0, 0.1) is 11.6 Å². The zero-order valence-corrected chi connectivity index (χ0v) is 19.0. The normalized spacial score (nSPS) is 13.7. The molecule has 1 unspecified atom stereocenters. The average Bonchev–Trinajstić information content (AvgIpc) is 3.35. The smallest absolute Gasteiger partial charge is 0.323 e. The lowest BCUT2D eigenvalue weighted by Gasteiger charge is -2.35. The molecular weight excluding hydrogens is 508 g/mol. The summed E-state index contributed by atoms with van der Waals surface area (Å²) in [5, 5.41) is 21.3. The van der Waals surface area contributed by atoms with E-state index in [2.05, 4.69) is 20.5 Å². The number of thioether (sulfide) groups is 1. The Labute approximate surface area is 205 Å². The monoisotopic (exact) mass is 525 g/mol. The van der Waals surface area contributed by atoms with Crippen LogP contribution in [0.15, 0.2) is 72.0 Å². The Morgan fingerprint density at radius 3 is 2.28 bits per heavy atom. The SMILES string of the molecule is OC(Cn1cnnn1)(c1ccc(F)cc1F)C(F)(F)c1ccc(-c2ccc(SCC(F)F)cc2)cn1. The molecule has 36 heavy (non-hydrogen) atoms. The molecule has 0 fully saturated rings. The van der Waals surface area contributed by atoms with Crippen LogP contribution in [-0.2, 0) is 18.1 Å². The highest BCUT2D eigenvalue weighted by molar-refractivity contribution is 7.99. The summed E-state index contributed by atoms with van der Waals surface area (Å²) in [6.45, 7) is -0.962. The van der Waals surface area contributed by atoms with E-state index in [4.69, 9.17) is 0 Å². The summed E-state index contributed by atoms with van der Waals surface area (Å²) in [5.74, 6) is -6.92. The average molecular weight is 525 g/mol. The van der Waals surface area contributed by atoms with E-state index in [0.717, 1.165) is 47.2 Å². The van der Waals surface area contributed by atoms with Gasteiger partial charge in [-0.05, 0) is 46.3 Å². The van der Waals surface area contributed by atoms with Gasteiger partial charge in [-0.2, -0.15) is 8.78 Å². The van der Waals surface area contributed by atoms with Gasteiger partial charge in [-0.3, -0.25) is 4.98 Å². The molecule has 0 aliphatic heterocycles. The van der Waals surface area contributed by atoms with E-state index in [1.165, 1.54) is 6.07 Å². The van der Waals surface area contributed by atoms with Gasteiger partial charge in [-0.25, -0.2) is 22.2 Å². The van der Waals surface area contributed by atoms with Crippen molar-refractivity contribution in [2.45, 2.75) is 29.4 Å². The molecule has 2 heterocycles. The van der Waals surface area contributed by atoms with Crippen LogP contribution in [0.5, 0.6) is 0 Å². The van der Waals surface area contributed by atoms with Gasteiger partial charge in [0.15, 0.2) is 5.60 Å². The fourth-order valence-corrected chi connectivity index (χ4v) is 4.18. The van der Waals surface area contributed by atoms with Gasteiger partial charge in [0.1, 0.15) is 23.7 Å². The van der Waals surface area contributed by atoms with Crippen molar-refractivity contribution < 1.29 is 31.4 Å². The lowest BCUT2D eigenvalue weighted by molar-refractivity contribution is -0.207. The van der Waals surface area contributed by atoms with Crippen LogP contribution >= 0.6 is 11.8 Å². The molecule has 13 heteroatoms. The van der Waals surface area contributed by atoms with Crippen molar-refractivity contribution in [2.24, 2.45) is 0 Å². The summed E-state index contributed by atoms with van der Waals surface area (Å²) in [5.41, 5.74) is -3.95. The first-order valence-corrected chi connectivity index (χ1v) is 11.3. The fraction of sp³-hybridized carbons (Fsp3) is 0.217. The molecule has 0 saturated heterocycles. The van der Waals surface area contributed by atoms with E-state index in [1.54, 1.807) is 24.3 Å². The molecule has 0 aliphatic carbocycles. The van der Waals surface area contributed by atoms with Gasteiger partial charge in [0.25, 0.3) is 0 Å². The first-order valence-electron chi connectivity index (χ1n) is 10.3. The molecule has 0 saturated carbocycles. The summed E-state index contributed by atoms with van der Waals surface area (Å²) in [4.78, 5) is 4.42. The van der Waals surface area contributed by atoms with Crippen molar-refractivity contribution in [3.05, 3.63) is 90.0 Å². The highest BCUT2D eigenvalue weighted by Crippen LogP contribution is 2.46. The summed E-state index contributed by atoms with van der Waals surface area (Å²) in [6, 6.07) is 10.7. The Hall–Kier alpha value is -3.45. The molecule has 4 aromatic rings. The van der Waals surface area contributed by atoms with Gasteiger partial charge in [0.05, 0.1) is 12.3 Å². The summed E-state index contributed by atoms with van der Waals surface area (Å²) in [7, 11) is 0. The number of alkyl halides is 4. The number of benzene rings is 2. The van der Waals surface area contributed by atoms with E-state index in [-0.39, 0.29) is 5.75 Å². The van der Waals surface area contributed by atoms with E-state index in [1.807, 2.05) is 0 Å². The molecule has 1 atom stereocenters. The molecule has 0 aliphatic rings. The molecule has 2 aromatic carbocycles. The molecule has 1 N–H and O–H groups in total. The standard InChI is InChI=1S/C23H17F6N5OS/c24-16-4-7-18(19(25)9-16)22(35,12-34-13-31-32-33-34)23(28,29)20-8-3-15(10-30-20)14-1-5-17(6-2-14)36-11-21(26)27/h1-10,13,21,35H,11-12H2. The van der Waals surface area contributed by atoms with E-state index >= 15 is 8.78 Å². The number of rotatable bonds is 9. The second kappa shape index (κ2) is 10.3. The minimum atomic E-state index is -4.17. The number of tetrazole rings is 1. The molecule has 4 rings (SSSR count). The Bertz CT molecular complexity index is 1310. The molecule has 0 spiro atoms. The second-order valence-corrected chi connectivity index (χ2v) is 8.82. The third-order valence-corrected chi connectivity index (χ3v) is 6.35. The number of hydrogen-bond donors (Lipinski definition) is 1. The maximum absolute atomic E-state index is 15.8. The van der Waals surface area contributed by atoms with Crippen molar-refractivity contribution in [1.82, 2.24) is 25.2 Å². The first-order chi connectivity index (χ1) is 17.1. The van der Waals surface area contributed by atoms with Crippen LogP contribution in [0.25, 0.3) is 11.1 Å². The highest BCUT2D eigenvalue weighted by Gasteiger charge is 2.58. The maximum Gasteiger partial charge on any atom is 0.323 e. The van der Waals surface area contributed by atoms with Crippen LogP contribution in [0.1, 0.15) is 11.3 Å². The zero-order chi connectivity index (χ0) is 25.9. The van der Waals surface area contributed by atoms with E-state index in [9.17, 15) is 22.7 Å². The van der Waals surface area contributed by atoms with Crippen molar-refractivity contribution in [3.8, 4) is 11.1 Å². The van der Waals surface area contributed by atoms with Crippen LogP contribution in [0.3, 0.4) is 0 Å². The van der Waals surface area contributed by atoms with Gasteiger partial charge in [0.2, 0.25) is 6.43 Å². The minimum absolute atomic E-state index is 0.354. The second-order valence-electron chi connectivity index (χ2n) is 7.72. The lowest BCUT2D eigenvalue weighted by atomic mass is 9.84. The summed E-state index contributed by atoms with van der Waals surface area (Å²) in [6.07, 6.45) is -0.346.